The SMILES string of the molecule is COc1cc(F)cc(-n2nc(C(N)=O)c3c2C(=O)N(c2ccc(N4CCCC4=O)c(C)c2)CC3)c1. The van der Waals surface area contributed by atoms with E-state index in [4.69, 9.17) is 10.5 Å². The van der Waals surface area contributed by atoms with E-state index in [1.54, 1.807) is 15.9 Å². The number of ether oxygens (including phenoxy) is 1. The van der Waals surface area contributed by atoms with Crippen molar-refractivity contribution in [1.82, 2.24) is 9.78 Å². The molecule has 5 rings (SSSR count). The third-order valence-corrected chi connectivity index (χ3v) is 6.44. The molecule has 2 aliphatic heterocycles. The predicted octanol–water partition coefficient (Wildman–Crippen LogP) is 2.76. The molecule has 0 radical (unpaired) electrons. The number of carbonyl (C=O) groups is 3. The van der Waals surface area contributed by atoms with Crippen LogP contribution in [0.1, 0.15) is 44.9 Å². The van der Waals surface area contributed by atoms with Crippen molar-refractivity contribution < 1.29 is 23.5 Å². The highest BCUT2D eigenvalue weighted by Gasteiger charge is 2.35. The number of hydrogen-bond acceptors (Lipinski definition) is 5. The van der Waals surface area contributed by atoms with E-state index in [0.29, 0.717) is 37.2 Å². The van der Waals surface area contributed by atoms with Gasteiger partial charge in [-0.3, -0.25) is 14.4 Å². The summed E-state index contributed by atoms with van der Waals surface area (Å²) in [5.74, 6) is -1.40. The summed E-state index contributed by atoms with van der Waals surface area (Å²) in [5.41, 5.74) is 8.69. The fraction of sp³-hybridized carbons (Fsp3) is 0.280. The van der Waals surface area contributed by atoms with E-state index in [2.05, 4.69) is 5.10 Å². The number of fused-ring (bicyclic) bond motifs is 1. The van der Waals surface area contributed by atoms with Crippen LogP contribution in [0, 0.1) is 12.7 Å². The number of aryl methyl sites for hydroxylation is 1. The van der Waals surface area contributed by atoms with Gasteiger partial charge in [-0.2, -0.15) is 5.10 Å². The second-order valence-corrected chi connectivity index (χ2v) is 8.63. The van der Waals surface area contributed by atoms with E-state index in [1.807, 2.05) is 19.1 Å². The van der Waals surface area contributed by atoms with Gasteiger partial charge in [-0.15, -0.1) is 0 Å². The molecule has 1 fully saturated rings. The Bertz CT molecular complexity index is 1380. The van der Waals surface area contributed by atoms with Gasteiger partial charge in [0.2, 0.25) is 5.91 Å². The molecule has 0 spiro atoms. The van der Waals surface area contributed by atoms with E-state index in [-0.39, 0.29) is 34.6 Å². The van der Waals surface area contributed by atoms with Gasteiger partial charge in [0.25, 0.3) is 11.8 Å². The molecule has 3 amide bonds. The normalized spacial score (nSPS) is 15.5. The molecule has 0 unspecified atom stereocenters. The van der Waals surface area contributed by atoms with Crippen LogP contribution in [0.4, 0.5) is 15.8 Å². The molecule has 2 N–H and O–H groups in total. The van der Waals surface area contributed by atoms with Gasteiger partial charge >= 0.3 is 0 Å². The average Bonchev–Trinajstić information content (AvgIpc) is 3.43. The van der Waals surface area contributed by atoms with Gasteiger partial charge in [-0.1, -0.05) is 0 Å². The first-order chi connectivity index (χ1) is 16.8. The van der Waals surface area contributed by atoms with E-state index in [1.165, 1.54) is 30.0 Å². The quantitative estimate of drug-likeness (QED) is 0.608. The van der Waals surface area contributed by atoms with E-state index < -0.39 is 11.7 Å². The zero-order valence-electron chi connectivity index (χ0n) is 19.4. The van der Waals surface area contributed by atoms with Crippen LogP contribution in [0.25, 0.3) is 5.69 Å². The van der Waals surface area contributed by atoms with Crippen molar-refractivity contribution in [2.45, 2.75) is 26.2 Å². The number of primary amides is 1. The molecule has 0 atom stereocenters. The number of nitrogens with two attached hydrogens (primary N) is 1. The smallest absolute Gasteiger partial charge is 0.277 e. The summed E-state index contributed by atoms with van der Waals surface area (Å²) in [6, 6.07) is 9.46. The van der Waals surface area contributed by atoms with Crippen LogP contribution in [0.2, 0.25) is 0 Å². The Morgan fingerprint density at radius 3 is 2.51 bits per heavy atom. The lowest BCUT2D eigenvalue weighted by atomic mass is 10.0. The van der Waals surface area contributed by atoms with Gasteiger partial charge < -0.3 is 20.3 Å². The van der Waals surface area contributed by atoms with Crippen molar-refractivity contribution in [3.8, 4) is 11.4 Å². The number of hydrogen-bond donors (Lipinski definition) is 1. The van der Waals surface area contributed by atoms with Gasteiger partial charge in [0.05, 0.1) is 12.8 Å². The molecule has 0 aliphatic carbocycles. The molecular weight excluding hydrogens is 453 g/mol. The molecule has 0 saturated carbocycles. The number of anilines is 2. The lowest BCUT2D eigenvalue weighted by Crippen LogP contribution is -2.39. The van der Waals surface area contributed by atoms with Crippen LogP contribution < -0.4 is 20.3 Å². The Morgan fingerprint density at radius 1 is 1.06 bits per heavy atom. The summed E-state index contributed by atoms with van der Waals surface area (Å²) < 4.78 is 20.6. The number of rotatable bonds is 5. The summed E-state index contributed by atoms with van der Waals surface area (Å²) in [4.78, 5) is 41.3. The van der Waals surface area contributed by atoms with Crippen molar-refractivity contribution in [3.05, 3.63) is 64.7 Å². The summed E-state index contributed by atoms with van der Waals surface area (Å²) in [7, 11) is 1.40. The molecule has 35 heavy (non-hydrogen) atoms. The van der Waals surface area contributed by atoms with Crippen molar-refractivity contribution in [2.75, 3.05) is 30.0 Å². The van der Waals surface area contributed by atoms with Gasteiger partial charge in [0.15, 0.2) is 5.69 Å². The third kappa shape index (κ3) is 3.80. The van der Waals surface area contributed by atoms with Gasteiger partial charge in [-0.05, 0) is 49.6 Å². The summed E-state index contributed by atoms with van der Waals surface area (Å²) in [6.45, 7) is 2.89. The second-order valence-electron chi connectivity index (χ2n) is 8.63. The lowest BCUT2D eigenvalue weighted by Gasteiger charge is -2.29. The number of benzene rings is 2. The van der Waals surface area contributed by atoms with Crippen molar-refractivity contribution in [3.63, 3.8) is 0 Å². The Morgan fingerprint density at radius 2 is 1.86 bits per heavy atom. The van der Waals surface area contributed by atoms with Gasteiger partial charge in [0, 0.05) is 48.6 Å². The Labute approximate surface area is 200 Å². The number of methoxy groups -OCH3 is 1. The van der Waals surface area contributed by atoms with E-state index in [0.717, 1.165) is 17.7 Å². The lowest BCUT2D eigenvalue weighted by molar-refractivity contribution is -0.117. The highest BCUT2D eigenvalue weighted by molar-refractivity contribution is 6.09. The largest absolute Gasteiger partial charge is 0.497 e. The number of halogens is 1. The summed E-state index contributed by atoms with van der Waals surface area (Å²) >= 11 is 0. The predicted molar refractivity (Wildman–Crippen MR) is 127 cm³/mol. The average molecular weight is 477 g/mol. The van der Waals surface area contributed by atoms with E-state index in [9.17, 15) is 18.8 Å². The van der Waals surface area contributed by atoms with Crippen LogP contribution in [0.5, 0.6) is 5.75 Å². The Balaban J connectivity index is 1.57. The molecule has 9 nitrogen and oxygen atoms in total. The van der Waals surface area contributed by atoms with Gasteiger partial charge in [0.1, 0.15) is 17.3 Å². The first kappa shape index (κ1) is 22.6. The van der Waals surface area contributed by atoms with Crippen LogP contribution in [-0.2, 0) is 11.2 Å². The molecule has 0 bridgehead atoms. The zero-order valence-corrected chi connectivity index (χ0v) is 19.4. The second kappa shape index (κ2) is 8.53. The topological polar surface area (TPSA) is 111 Å². The first-order valence-corrected chi connectivity index (χ1v) is 11.3. The fourth-order valence-electron chi connectivity index (χ4n) is 4.79. The molecule has 3 heterocycles. The van der Waals surface area contributed by atoms with Crippen LogP contribution in [0.15, 0.2) is 36.4 Å². The molecule has 10 heteroatoms. The maximum absolute atomic E-state index is 14.2. The fourth-order valence-corrected chi connectivity index (χ4v) is 4.79. The minimum Gasteiger partial charge on any atom is -0.497 e. The number of nitrogens with zero attached hydrogens (tertiary/aromatic N) is 4. The monoisotopic (exact) mass is 477 g/mol. The maximum atomic E-state index is 14.2. The molecular formula is C25H24FN5O4. The van der Waals surface area contributed by atoms with E-state index >= 15 is 0 Å². The van der Waals surface area contributed by atoms with Crippen molar-refractivity contribution in [2.24, 2.45) is 5.73 Å². The molecule has 2 aliphatic rings. The Kier molecular flexibility index (Phi) is 5.50. The highest BCUT2D eigenvalue weighted by Crippen LogP contribution is 2.33. The maximum Gasteiger partial charge on any atom is 0.277 e. The van der Waals surface area contributed by atoms with Crippen LogP contribution in [-0.4, -0.2) is 47.7 Å². The first-order valence-electron chi connectivity index (χ1n) is 11.3. The highest BCUT2D eigenvalue weighted by atomic mass is 19.1. The summed E-state index contributed by atoms with van der Waals surface area (Å²) in [6.07, 6.45) is 1.70. The van der Waals surface area contributed by atoms with Crippen molar-refractivity contribution in [1.29, 1.82) is 0 Å². The molecule has 180 valence electrons. The summed E-state index contributed by atoms with van der Waals surface area (Å²) in [5, 5.41) is 4.28. The Hall–Kier alpha value is -4.21. The number of aromatic nitrogens is 2. The minimum absolute atomic E-state index is 0.0182. The number of carbonyl (C=O) groups excluding carboxylic acids is 3. The molecule has 3 aromatic rings. The van der Waals surface area contributed by atoms with Crippen LogP contribution in [0.3, 0.4) is 0 Å². The third-order valence-electron chi connectivity index (χ3n) is 6.44. The minimum atomic E-state index is -0.764. The molecule has 1 saturated heterocycles. The molecule has 2 aromatic carbocycles. The number of amides is 3. The van der Waals surface area contributed by atoms with Gasteiger partial charge in [-0.25, -0.2) is 9.07 Å². The zero-order chi connectivity index (χ0) is 24.9. The molecule has 1 aromatic heterocycles. The van der Waals surface area contributed by atoms with Crippen LogP contribution >= 0.6 is 0 Å². The van der Waals surface area contributed by atoms with Crippen molar-refractivity contribution >= 4 is 29.1 Å². The standard InChI is InChI=1S/C25H24FN5O4/c1-14-10-16(5-6-20(14)30-8-3-4-21(30)32)29-9-7-19-22(24(27)33)28-31(23(19)25(29)34)17-11-15(26)12-18(13-17)35-2/h5-6,10-13H,3-4,7-9H2,1-2H3,(H2,27,33).